The first kappa shape index (κ1) is 20.3. The smallest absolute Gasteiger partial charge is 0.158 e. The van der Waals surface area contributed by atoms with Crippen LogP contribution in [0.2, 0.25) is 0 Å². The third-order valence-electron chi connectivity index (χ3n) is 4.68. The normalized spacial score (nSPS) is 12.5. The molecular formula is C23H20F2N6. The molecule has 0 radical (unpaired) electrons. The van der Waals surface area contributed by atoms with Gasteiger partial charge in [-0.1, -0.05) is 30.3 Å². The van der Waals surface area contributed by atoms with Gasteiger partial charge < -0.3 is 10.1 Å². The molecule has 0 atom stereocenters. The van der Waals surface area contributed by atoms with Crippen molar-refractivity contribution in [3.05, 3.63) is 101 Å². The zero-order valence-electron chi connectivity index (χ0n) is 16.8. The van der Waals surface area contributed by atoms with Crippen LogP contribution in [0.5, 0.6) is 0 Å². The van der Waals surface area contributed by atoms with E-state index < -0.39 is 0 Å². The quantitative estimate of drug-likeness (QED) is 0.394. The molecule has 2 N–H and O–H groups in total. The Hall–Kier alpha value is -3.94. The molecule has 0 aliphatic heterocycles. The molecule has 156 valence electrons. The van der Waals surface area contributed by atoms with Crippen molar-refractivity contribution in [2.75, 3.05) is 0 Å². The van der Waals surface area contributed by atoms with Crippen molar-refractivity contribution in [2.24, 2.45) is 15.7 Å². The standard InChI is InChI=1S/C23H20F2N6/c1-15(28-13-16-5-4-7-18(24)11-16)29-22(26)21-14-31-10-9-27-23(31)20(30-21)12-17-6-2-3-8-19(17)25/h2-11,14H,12-13H2,1H3,(H2,26,28,29). The van der Waals surface area contributed by atoms with Crippen LogP contribution >= 0.6 is 0 Å². The van der Waals surface area contributed by atoms with E-state index in [0.717, 1.165) is 5.56 Å². The van der Waals surface area contributed by atoms with Gasteiger partial charge in [0, 0.05) is 25.0 Å². The van der Waals surface area contributed by atoms with Gasteiger partial charge >= 0.3 is 0 Å². The van der Waals surface area contributed by atoms with Crippen molar-refractivity contribution in [1.29, 1.82) is 0 Å². The van der Waals surface area contributed by atoms with E-state index in [0.29, 0.717) is 28.4 Å². The first-order valence-electron chi connectivity index (χ1n) is 9.65. The summed E-state index contributed by atoms with van der Waals surface area (Å²) in [5.41, 5.74) is 9.06. The highest BCUT2D eigenvalue weighted by atomic mass is 19.1. The van der Waals surface area contributed by atoms with Crippen LogP contribution in [-0.2, 0) is 13.0 Å². The summed E-state index contributed by atoms with van der Waals surface area (Å²) in [6.07, 6.45) is 5.39. The molecule has 0 fully saturated rings. The van der Waals surface area contributed by atoms with Crippen LogP contribution in [0, 0.1) is 11.6 Å². The fraction of sp³-hybridized carbons (Fsp3) is 0.130. The van der Waals surface area contributed by atoms with Crippen LogP contribution in [0.15, 0.2) is 77.1 Å². The van der Waals surface area contributed by atoms with E-state index in [2.05, 4.69) is 20.0 Å². The monoisotopic (exact) mass is 418 g/mol. The summed E-state index contributed by atoms with van der Waals surface area (Å²) in [7, 11) is 0. The van der Waals surface area contributed by atoms with Crippen molar-refractivity contribution >= 4 is 17.3 Å². The maximum Gasteiger partial charge on any atom is 0.158 e. The van der Waals surface area contributed by atoms with E-state index in [9.17, 15) is 8.78 Å². The lowest BCUT2D eigenvalue weighted by Crippen LogP contribution is -2.19. The molecular weight excluding hydrogens is 398 g/mol. The van der Waals surface area contributed by atoms with Crippen molar-refractivity contribution in [3.63, 3.8) is 0 Å². The van der Waals surface area contributed by atoms with Crippen LogP contribution < -0.4 is 5.73 Å². The van der Waals surface area contributed by atoms with Crippen molar-refractivity contribution < 1.29 is 8.78 Å². The number of imidazole rings is 1. The van der Waals surface area contributed by atoms with Gasteiger partial charge in [-0.2, -0.15) is 0 Å². The Balaban J connectivity index is 1.62. The molecule has 4 rings (SSSR count). The second kappa shape index (κ2) is 8.83. The van der Waals surface area contributed by atoms with Crippen molar-refractivity contribution in [1.82, 2.24) is 14.4 Å². The first-order valence-corrected chi connectivity index (χ1v) is 9.65. The Morgan fingerprint density at radius 2 is 1.97 bits per heavy atom. The Morgan fingerprint density at radius 1 is 1.13 bits per heavy atom. The van der Waals surface area contributed by atoms with Gasteiger partial charge in [0.25, 0.3) is 0 Å². The molecule has 0 bridgehead atoms. The van der Waals surface area contributed by atoms with Gasteiger partial charge in [0.2, 0.25) is 0 Å². The minimum Gasteiger partial charge on any atom is -0.382 e. The zero-order valence-corrected chi connectivity index (χ0v) is 16.8. The lowest BCUT2D eigenvalue weighted by molar-refractivity contribution is 0.613. The Labute approximate surface area is 177 Å². The fourth-order valence-electron chi connectivity index (χ4n) is 3.17. The number of benzene rings is 2. The summed E-state index contributed by atoms with van der Waals surface area (Å²) >= 11 is 0. The third kappa shape index (κ3) is 4.80. The van der Waals surface area contributed by atoms with Gasteiger partial charge in [-0.3, -0.25) is 4.99 Å². The summed E-state index contributed by atoms with van der Waals surface area (Å²) in [4.78, 5) is 17.6. The number of nitrogens with zero attached hydrogens (tertiary/aromatic N) is 5. The predicted octanol–water partition coefficient (Wildman–Crippen LogP) is 3.92. The lowest BCUT2D eigenvalue weighted by Gasteiger charge is -2.08. The van der Waals surface area contributed by atoms with E-state index in [1.807, 2.05) is 0 Å². The largest absolute Gasteiger partial charge is 0.382 e. The number of hydrogen-bond acceptors (Lipinski definition) is 3. The molecule has 0 aliphatic carbocycles. The summed E-state index contributed by atoms with van der Waals surface area (Å²) < 4.78 is 29.2. The number of aromatic nitrogens is 3. The molecule has 6 nitrogen and oxygen atoms in total. The van der Waals surface area contributed by atoms with Gasteiger partial charge in [0.15, 0.2) is 11.5 Å². The SMILES string of the molecule is CC(=NCc1cccc(F)c1)N=C(N)c1cn2ccnc2c(Cc2ccccc2F)n1. The Morgan fingerprint density at radius 3 is 2.77 bits per heavy atom. The van der Waals surface area contributed by atoms with Gasteiger partial charge in [0.05, 0.1) is 12.2 Å². The minimum absolute atomic E-state index is 0.172. The van der Waals surface area contributed by atoms with E-state index in [4.69, 9.17) is 5.73 Å². The summed E-state index contributed by atoms with van der Waals surface area (Å²) in [5.74, 6) is -0.00854. The fourth-order valence-corrected chi connectivity index (χ4v) is 3.17. The summed E-state index contributed by atoms with van der Waals surface area (Å²) in [5, 5.41) is 0. The van der Waals surface area contributed by atoms with Gasteiger partial charge in [-0.25, -0.2) is 23.7 Å². The number of fused-ring (bicyclic) bond motifs is 1. The lowest BCUT2D eigenvalue weighted by atomic mass is 10.1. The maximum atomic E-state index is 14.1. The molecule has 2 heterocycles. The molecule has 0 saturated heterocycles. The van der Waals surface area contributed by atoms with E-state index in [1.165, 1.54) is 18.2 Å². The topological polar surface area (TPSA) is 80.9 Å². The van der Waals surface area contributed by atoms with Gasteiger partial charge in [-0.05, 0) is 36.2 Å². The highest BCUT2D eigenvalue weighted by Crippen LogP contribution is 2.16. The molecule has 31 heavy (non-hydrogen) atoms. The summed E-state index contributed by atoms with van der Waals surface area (Å²) in [6.45, 7) is 2.00. The van der Waals surface area contributed by atoms with Crippen LogP contribution in [0.4, 0.5) is 8.78 Å². The van der Waals surface area contributed by atoms with E-state index in [1.54, 1.807) is 60.2 Å². The number of hydrogen-bond donors (Lipinski definition) is 1. The average Bonchev–Trinajstić information content (AvgIpc) is 3.23. The third-order valence-corrected chi connectivity index (χ3v) is 4.68. The highest BCUT2D eigenvalue weighted by molar-refractivity contribution is 6.03. The van der Waals surface area contributed by atoms with Gasteiger partial charge in [-0.15, -0.1) is 0 Å². The predicted molar refractivity (Wildman–Crippen MR) is 116 cm³/mol. The van der Waals surface area contributed by atoms with Crippen LogP contribution in [-0.4, -0.2) is 26.0 Å². The summed E-state index contributed by atoms with van der Waals surface area (Å²) in [6, 6.07) is 12.8. The zero-order chi connectivity index (χ0) is 21.8. The first-order chi connectivity index (χ1) is 15.0. The Kier molecular flexibility index (Phi) is 5.79. The van der Waals surface area contributed by atoms with Crippen LogP contribution in [0.3, 0.4) is 0 Å². The number of amidine groups is 2. The minimum atomic E-state index is -0.311. The number of rotatable bonds is 5. The van der Waals surface area contributed by atoms with Gasteiger partial charge in [0.1, 0.15) is 23.2 Å². The number of halogens is 2. The number of aliphatic imine (C=N–C) groups is 2. The molecule has 4 aromatic rings. The number of nitrogens with two attached hydrogens (primary N) is 1. The second-order valence-corrected chi connectivity index (χ2v) is 6.99. The highest BCUT2D eigenvalue weighted by Gasteiger charge is 2.13. The molecule has 2 aromatic heterocycles. The molecule has 0 aliphatic rings. The Bertz CT molecular complexity index is 1290. The maximum absolute atomic E-state index is 14.1. The molecule has 0 unspecified atom stereocenters. The molecule has 0 saturated carbocycles. The van der Waals surface area contributed by atoms with Crippen LogP contribution in [0.25, 0.3) is 5.65 Å². The molecule has 0 spiro atoms. The van der Waals surface area contributed by atoms with E-state index >= 15 is 0 Å². The van der Waals surface area contributed by atoms with Crippen molar-refractivity contribution in [2.45, 2.75) is 19.9 Å². The van der Waals surface area contributed by atoms with E-state index in [-0.39, 0.29) is 30.4 Å². The van der Waals surface area contributed by atoms with Crippen LogP contribution in [0.1, 0.15) is 29.4 Å². The molecule has 0 amide bonds. The molecule has 2 aromatic carbocycles. The van der Waals surface area contributed by atoms with Crippen molar-refractivity contribution in [3.8, 4) is 0 Å². The second-order valence-electron chi connectivity index (χ2n) is 6.99. The molecule has 8 heteroatoms. The average molecular weight is 418 g/mol.